The van der Waals surface area contributed by atoms with Gasteiger partial charge in [0.2, 0.25) is 0 Å². The number of carbonyl (C=O) groups excluding carboxylic acids is 1. The number of pyridine rings is 1. The number of nitrogens with zero attached hydrogens (tertiary/aromatic N) is 2. The van der Waals surface area contributed by atoms with E-state index in [2.05, 4.69) is 28.2 Å². The minimum Gasteiger partial charge on any atom is -0.439 e. The average molecular weight is 365 g/mol. The number of ether oxygens (including phenoxy) is 1. The zero-order valence-corrected chi connectivity index (χ0v) is 14.8. The molecule has 1 amide bonds. The fraction of sp³-hybridized carbons (Fsp3) is 0.0870. The Kier molecular flexibility index (Phi) is 4.74. The molecule has 2 heterocycles. The number of nitriles is 1. The lowest BCUT2D eigenvalue weighted by Crippen LogP contribution is -2.19. The Labute approximate surface area is 162 Å². The molecular formula is C23H15N3O2. The van der Waals surface area contributed by atoms with E-state index in [-0.39, 0.29) is 6.04 Å². The number of alkyl carbamates (subject to hydrolysis) is 1. The van der Waals surface area contributed by atoms with Crippen molar-refractivity contribution in [2.75, 3.05) is 0 Å². The summed E-state index contributed by atoms with van der Waals surface area (Å²) in [4.78, 5) is 16.2. The Bertz CT molecular complexity index is 1110. The summed E-state index contributed by atoms with van der Waals surface area (Å²) in [6.45, 7) is 0. The van der Waals surface area contributed by atoms with Crippen LogP contribution in [0, 0.1) is 23.2 Å². The summed E-state index contributed by atoms with van der Waals surface area (Å²) >= 11 is 0. The number of amides is 1. The Morgan fingerprint density at radius 3 is 2.39 bits per heavy atom. The van der Waals surface area contributed by atoms with Crippen LogP contribution in [-0.4, -0.2) is 11.1 Å². The average Bonchev–Trinajstić information content (AvgIpc) is 3.15. The second-order valence-electron chi connectivity index (χ2n) is 6.30. The molecular weight excluding hydrogens is 350 g/mol. The summed E-state index contributed by atoms with van der Waals surface area (Å²) in [6.07, 6.45) is 2.40. The summed E-state index contributed by atoms with van der Waals surface area (Å²) in [5.41, 5.74) is 3.84. The Balaban J connectivity index is 1.62. The van der Waals surface area contributed by atoms with Crippen LogP contribution in [0.2, 0.25) is 0 Å². The van der Waals surface area contributed by atoms with E-state index in [9.17, 15) is 4.79 Å². The second-order valence-corrected chi connectivity index (χ2v) is 6.30. The van der Waals surface area contributed by atoms with Crippen molar-refractivity contribution < 1.29 is 9.53 Å². The number of cyclic esters (lactones) is 1. The first-order chi connectivity index (χ1) is 13.7. The highest BCUT2D eigenvalue weighted by atomic mass is 16.6. The molecule has 0 spiro atoms. The summed E-state index contributed by atoms with van der Waals surface area (Å²) in [5, 5.41) is 11.8. The van der Waals surface area contributed by atoms with Gasteiger partial charge in [-0.15, -0.1) is 0 Å². The molecule has 4 rings (SSSR count). The molecule has 3 aromatic rings. The van der Waals surface area contributed by atoms with Gasteiger partial charge in [0.1, 0.15) is 6.04 Å². The SMILES string of the molecule is N#Cc1ccc([C@H]2OC(=O)N[C@@H]2c2cncc(C#Cc3ccccc3)c2)cc1. The number of aromatic nitrogens is 1. The highest BCUT2D eigenvalue weighted by molar-refractivity contribution is 5.71. The molecule has 2 atom stereocenters. The first-order valence-electron chi connectivity index (χ1n) is 8.72. The molecule has 1 saturated heterocycles. The van der Waals surface area contributed by atoms with Crippen LogP contribution in [0.1, 0.15) is 40.0 Å². The number of benzene rings is 2. The van der Waals surface area contributed by atoms with Crippen LogP contribution in [-0.2, 0) is 4.74 Å². The van der Waals surface area contributed by atoms with Crippen molar-refractivity contribution in [2.45, 2.75) is 12.1 Å². The molecule has 5 heteroatoms. The molecule has 0 bridgehead atoms. The lowest BCUT2D eigenvalue weighted by molar-refractivity contribution is 0.132. The van der Waals surface area contributed by atoms with Gasteiger partial charge in [0.05, 0.1) is 11.6 Å². The van der Waals surface area contributed by atoms with Crippen molar-refractivity contribution >= 4 is 6.09 Å². The van der Waals surface area contributed by atoms with Gasteiger partial charge in [-0.05, 0) is 41.5 Å². The number of nitrogens with one attached hydrogen (secondary N) is 1. The largest absolute Gasteiger partial charge is 0.439 e. The van der Waals surface area contributed by atoms with Gasteiger partial charge in [-0.3, -0.25) is 4.98 Å². The lowest BCUT2D eigenvalue weighted by atomic mass is 9.96. The normalized spacial score (nSPS) is 17.6. The Morgan fingerprint density at radius 2 is 1.64 bits per heavy atom. The van der Waals surface area contributed by atoms with E-state index in [0.717, 1.165) is 22.3 Å². The van der Waals surface area contributed by atoms with Gasteiger partial charge in [0.25, 0.3) is 0 Å². The molecule has 28 heavy (non-hydrogen) atoms. The minimum absolute atomic E-state index is 0.383. The number of hydrogen-bond donors (Lipinski definition) is 1. The van der Waals surface area contributed by atoms with Gasteiger partial charge in [0, 0.05) is 23.5 Å². The molecule has 0 aliphatic carbocycles. The first-order valence-corrected chi connectivity index (χ1v) is 8.72. The van der Waals surface area contributed by atoms with Crippen molar-refractivity contribution in [3.63, 3.8) is 0 Å². The van der Waals surface area contributed by atoms with Crippen LogP contribution in [0.4, 0.5) is 4.79 Å². The van der Waals surface area contributed by atoms with Crippen molar-refractivity contribution in [3.8, 4) is 17.9 Å². The third-order valence-electron chi connectivity index (χ3n) is 4.42. The molecule has 1 fully saturated rings. The van der Waals surface area contributed by atoms with Gasteiger partial charge >= 0.3 is 6.09 Å². The maximum absolute atomic E-state index is 11.9. The summed E-state index contributed by atoms with van der Waals surface area (Å²) < 4.78 is 5.46. The maximum atomic E-state index is 11.9. The van der Waals surface area contributed by atoms with E-state index in [0.29, 0.717) is 5.56 Å². The highest BCUT2D eigenvalue weighted by Crippen LogP contribution is 2.36. The van der Waals surface area contributed by atoms with Crippen molar-refractivity contribution in [1.29, 1.82) is 5.26 Å². The van der Waals surface area contributed by atoms with Crippen LogP contribution in [0.5, 0.6) is 0 Å². The van der Waals surface area contributed by atoms with Crippen molar-refractivity contribution in [3.05, 3.63) is 101 Å². The zero-order chi connectivity index (χ0) is 19.3. The predicted molar refractivity (Wildman–Crippen MR) is 103 cm³/mol. The van der Waals surface area contributed by atoms with Crippen molar-refractivity contribution in [2.24, 2.45) is 0 Å². The summed E-state index contributed by atoms with van der Waals surface area (Å²) in [5.74, 6) is 6.21. The van der Waals surface area contributed by atoms with E-state index >= 15 is 0 Å². The standard InChI is InChI=1S/C23H15N3O2/c24-13-17-8-10-19(11-9-17)22-21(26-23(27)28-22)20-12-18(14-25-15-20)7-6-16-4-2-1-3-5-16/h1-5,8-12,14-15,21-22H,(H,26,27)/t21-,22-/m1/s1. The topological polar surface area (TPSA) is 75.0 Å². The van der Waals surface area contributed by atoms with Gasteiger partial charge in [-0.2, -0.15) is 5.26 Å². The van der Waals surface area contributed by atoms with E-state index in [1.807, 2.05) is 36.4 Å². The second kappa shape index (κ2) is 7.65. The predicted octanol–water partition coefficient (Wildman–Crippen LogP) is 3.88. The lowest BCUT2D eigenvalue weighted by Gasteiger charge is -2.17. The van der Waals surface area contributed by atoms with Crippen LogP contribution < -0.4 is 5.32 Å². The number of rotatable bonds is 2. The van der Waals surface area contributed by atoms with E-state index in [4.69, 9.17) is 10.00 Å². The fourth-order valence-electron chi connectivity index (χ4n) is 3.05. The fourth-order valence-corrected chi connectivity index (χ4v) is 3.05. The molecule has 0 unspecified atom stereocenters. The Hall–Kier alpha value is -4.09. The van der Waals surface area contributed by atoms with Crippen LogP contribution >= 0.6 is 0 Å². The third-order valence-corrected chi connectivity index (χ3v) is 4.42. The van der Waals surface area contributed by atoms with Gasteiger partial charge in [-0.25, -0.2) is 4.79 Å². The van der Waals surface area contributed by atoms with Crippen LogP contribution in [0.15, 0.2) is 73.1 Å². The van der Waals surface area contributed by atoms with E-state index in [1.165, 1.54) is 0 Å². The quantitative estimate of drug-likeness (QED) is 0.700. The molecule has 1 aliphatic rings. The van der Waals surface area contributed by atoms with Gasteiger partial charge < -0.3 is 10.1 Å². The third kappa shape index (κ3) is 3.70. The number of hydrogen-bond acceptors (Lipinski definition) is 4. The Morgan fingerprint density at radius 1 is 0.893 bits per heavy atom. The monoisotopic (exact) mass is 365 g/mol. The molecule has 1 aliphatic heterocycles. The molecule has 5 nitrogen and oxygen atoms in total. The maximum Gasteiger partial charge on any atom is 0.408 e. The van der Waals surface area contributed by atoms with Crippen LogP contribution in [0.3, 0.4) is 0 Å². The smallest absolute Gasteiger partial charge is 0.408 e. The highest BCUT2D eigenvalue weighted by Gasteiger charge is 2.36. The first kappa shape index (κ1) is 17.3. The molecule has 1 aromatic heterocycles. The molecule has 0 saturated carbocycles. The summed E-state index contributed by atoms with van der Waals surface area (Å²) in [6, 6.07) is 20.3. The molecule has 134 valence electrons. The minimum atomic E-state index is -0.501. The van der Waals surface area contributed by atoms with Gasteiger partial charge in [0.15, 0.2) is 6.10 Å². The molecule has 1 N–H and O–H groups in total. The van der Waals surface area contributed by atoms with E-state index in [1.54, 1.807) is 36.7 Å². The van der Waals surface area contributed by atoms with Crippen LogP contribution in [0.25, 0.3) is 0 Å². The van der Waals surface area contributed by atoms with E-state index < -0.39 is 12.2 Å². The van der Waals surface area contributed by atoms with Crippen molar-refractivity contribution in [1.82, 2.24) is 10.3 Å². The summed E-state index contributed by atoms with van der Waals surface area (Å²) in [7, 11) is 0. The molecule has 2 aromatic carbocycles. The zero-order valence-electron chi connectivity index (χ0n) is 14.8. The molecule has 0 radical (unpaired) electrons. The van der Waals surface area contributed by atoms with Gasteiger partial charge in [-0.1, -0.05) is 42.2 Å². The number of carbonyl (C=O) groups is 1.